The Morgan fingerprint density at radius 3 is 2.36 bits per heavy atom. The van der Waals surface area contributed by atoms with Crippen molar-refractivity contribution >= 4 is 40.2 Å². The molecule has 0 unspecified atom stereocenters. The van der Waals surface area contributed by atoms with Crippen LogP contribution in [0, 0.1) is 6.92 Å². The monoisotopic (exact) mass is 466 g/mol. The van der Waals surface area contributed by atoms with Crippen molar-refractivity contribution in [3.63, 3.8) is 0 Å². The maximum absolute atomic E-state index is 12.7. The fourth-order valence-electron chi connectivity index (χ4n) is 3.36. The van der Waals surface area contributed by atoms with Gasteiger partial charge in [-0.1, -0.05) is 41.6 Å². The van der Waals surface area contributed by atoms with Crippen molar-refractivity contribution in [1.29, 1.82) is 0 Å². The van der Waals surface area contributed by atoms with Gasteiger partial charge < -0.3 is 20.3 Å². The molecular weight excluding hydrogens is 436 g/mol. The fourth-order valence-corrected chi connectivity index (χ4v) is 4.10. The van der Waals surface area contributed by atoms with Gasteiger partial charge >= 0.3 is 5.97 Å². The first-order valence-corrected chi connectivity index (χ1v) is 11.8. The molecular formula is C25H30N4O3S. The second-order valence-corrected chi connectivity index (χ2v) is 8.87. The van der Waals surface area contributed by atoms with E-state index in [0.29, 0.717) is 16.4 Å². The molecule has 2 N–H and O–H groups in total. The highest BCUT2D eigenvalue weighted by Gasteiger charge is 2.30. The number of carbonyl (C=O) groups excluding carboxylic acids is 2. The summed E-state index contributed by atoms with van der Waals surface area (Å²) >= 11 is 1.30. The number of esters is 1. The van der Waals surface area contributed by atoms with Crippen LogP contribution in [0.15, 0.2) is 64.8 Å². The Morgan fingerprint density at radius 2 is 1.76 bits per heavy atom. The standard InChI is InChI=1S/C25H30N4O3S/c1-6-32-24(31)22-17(3)26-25(28-23(22)18-9-13-20(14-10-18)29(4)5)33-15-21(30)27-19-11-7-16(2)8-12-19/h7-14,23H,6,15H2,1-5H3,(H,26,28)(H,27,30)/t23-/m1/s1. The van der Waals surface area contributed by atoms with Crippen molar-refractivity contribution in [2.75, 3.05) is 36.7 Å². The highest BCUT2D eigenvalue weighted by atomic mass is 32.2. The molecule has 0 radical (unpaired) electrons. The molecule has 0 saturated heterocycles. The number of amides is 1. The summed E-state index contributed by atoms with van der Waals surface area (Å²) in [5.74, 6) is -0.333. The topological polar surface area (TPSA) is 83.0 Å². The third-order valence-electron chi connectivity index (χ3n) is 5.11. The number of carbonyl (C=O) groups is 2. The molecule has 1 amide bonds. The zero-order valence-electron chi connectivity index (χ0n) is 19.6. The number of thioether (sulfide) groups is 1. The van der Waals surface area contributed by atoms with Crippen molar-refractivity contribution < 1.29 is 14.3 Å². The normalized spacial score (nSPS) is 15.4. The van der Waals surface area contributed by atoms with E-state index in [9.17, 15) is 9.59 Å². The highest BCUT2D eigenvalue weighted by Crippen LogP contribution is 2.33. The number of allylic oxidation sites excluding steroid dienone is 1. The zero-order valence-corrected chi connectivity index (χ0v) is 20.5. The van der Waals surface area contributed by atoms with Crippen LogP contribution in [-0.2, 0) is 14.3 Å². The van der Waals surface area contributed by atoms with Crippen molar-refractivity contribution in [1.82, 2.24) is 5.32 Å². The van der Waals surface area contributed by atoms with Crippen molar-refractivity contribution in [3.8, 4) is 0 Å². The van der Waals surface area contributed by atoms with Crippen molar-refractivity contribution in [2.45, 2.75) is 26.8 Å². The molecule has 0 aliphatic carbocycles. The van der Waals surface area contributed by atoms with Crippen LogP contribution in [0.2, 0.25) is 0 Å². The third kappa shape index (κ3) is 6.38. The molecule has 0 spiro atoms. The summed E-state index contributed by atoms with van der Waals surface area (Å²) in [5.41, 5.74) is 4.97. The molecule has 2 aromatic carbocycles. The van der Waals surface area contributed by atoms with Gasteiger partial charge in [0.2, 0.25) is 5.91 Å². The Kier molecular flexibility index (Phi) is 8.16. The number of anilines is 2. The highest BCUT2D eigenvalue weighted by molar-refractivity contribution is 8.14. The molecule has 8 heteroatoms. The van der Waals surface area contributed by atoms with Gasteiger partial charge in [0, 0.05) is 31.2 Å². The van der Waals surface area contributed by atoms with Crippen molar-refractivity contribution in [3.05, 3.63) is 70.9 Å². The SMILES string of the molecule is CCOC(=O)C1=C(C)NC(SCC(=O)Nc2ccc(C)cc2)=N[C@@H]1c1ccc(N(C)C)cc1. The minimum absolute atomic E-state index is 0.127. The number of rotatable bonds is 7. The lowest BCUT2D eigenvalue weighted by atomic mass is 9.96. The number of amidine groups is 1. The summed E-state index contributed by atoms with van der Waals surface area (Å²) in [6.45, 7) is 5.89. The van der Waals surface area contributed by atoms with E-state index < -0.39 is 12.0 Å². The molecule has 174 valence electrons. The molecule has 1 atom stereocenters. The molecule has 1 heterocycles. The number of nitrogens with zero attached hydrogens (tertiary/aromatic N) is 2. The van der Waals surface area contributed by atoms with E-state index in [1.165, 1.54) is 11.8 Å². The Bertz CT molecular complexity index is 1060. The zero-order chi connectivity index (χ0) is 24.0. The minimum atomic E-state index is -0.510. The van der Waals surface area contributed by atoms with Gasteiger partial charge in [-0.3, -0.25) is 4.79 Å². The molecule has 0 bridgehead atoms. The first kappa shape index (κ1) is 24.4. The molecule has 0 aromatic heterocycles. The number of aliphatic imine (C=N–C) groups is 1. The molecule has 3 rings (SSSR count). The van der Waals surface area contributed by atoms with Gasteiger partial charge in [-0.15, -0.1) is 0 Å². The second kappa shape index (κ2) is 11.0. The van der Waals surface area contributed by atoms with Crippen LogP contribution in [0.3, 0.4) is 0 Å². The maximum atomic E-state index is 12.7. The first-order valence-electron chi connectivity index (χ1n) is 10.8. The summed E-state index contributed by atoms with van der Waals surface area (Å²) in [4.78, 5) is 31.9. The summed E-state index contributed by atoms with van der Waals surface area (Å²) in [5, 5.41) is 6.64. The average molecular weight is 467 g/mol. The van der Waals surface area contributed by atoms with Crippen LogP contribution in [0.4, 0.5) is 11.4 Å². The van der Waals surface area contributed by atoms with Gasteiger partial charge in [0.1, 0.15) is 6.04 Å². The fraction of sp³-hybridized carbons (Fsp3) is 0.320. The van der Waals surface area contributed by atoms with Gasteiger partial charge in [0.05, 0.1) is 17.9 Å². The minimum Gasteiger partial charge on any atom is -0.463 e. The number of aryl methyl sites for hydroxylation is 1. The third-order valence-corrected chi connectivity index (χ3v) is 6.00. The molecule has 0 fully saturated rings. The van der Waals surface area contributed by atoms with E-state index in [4.69, 9.17) is 9.73 Å². The summed E-state index contributed by atoms with van der Waals surface area (Å²) in [6, 6.07) is 15.1. The Labute approximate surface area is 199 Å². The van der Waals surface area contributed by atoms with Crippen LogP contribution in [0.1, 0.15) is 31.0 Å². The van der Waals surface area contributed by atoms with Crippen LogP contribution in [0.25, 0.3) is 0 Å². The Balaban J connectivity index is 1.78. The summed E-state index contributed by atoms with van der Waals surface area (Å²) in [6.07, 6.45) is 0. The van der Waals surface area contributed by atoms with Crippen molar-refractivity contribution in [2.24, 2.45) is 4.99 Å². The molecule has 7 nitrogen and oxygen atoms in total. The van der Waals surface area contributed by atoms with Gasteiger partial charge in [0.25, 0.3) is 0 Å². The van der Waals surface area contributed by atoms with E-state index >= 15 is 0 Å². The maximum Gasteiger partial charge on any atom is 0.338 e. The van der Waals surface area contributed by atoms with Crippen LogP contribution in [0.5, 0.6) is 0 Å². The predicted octanol–water partition coefficient (Wildman–Crippen LogP) is 4.27. The lowest BCUT2D eigenvalue weighted by molar-refractivity contribution is -0.139. The second-order valence-electron chi connectivity index (χ2n) is 7.91. The van der Waals surface area contributed by atoms with Gasteiger partial charge in [-0.2, -0.15) is 0 Å². The summed E-state index contributed by atoms with van der Waals surface area (Å²) < 4.78 is 5.29. The Hall–Kier alpha value is -3.26. The van der Waals surface area contributed by atoms with Gasteiger partial charge in [-0.25, -0.2) is 9.79 Å². The first-order chi connectivity index (χ1) is 15.8. The van der Waals surface area contributed by atoms with E-state index in [1.54, 1.807) is 6.92 Å². The Morgan fingerprint density at radius 1 is 1.09 bits per heavy atom. The quantitative estimate of drug-likeness (QED) is 0.593. The van der Waals surface area contributed by atoms with E-state index in [0.717, 1.165) is 22.5 Å². The van der Waals surface area contributed by atoms with Crippen LogP contribution in [-0.4, -0.2) is 43.5 Å². The molecule has 33 heavy (non-hydrogen) atoms. The largest absolute Gasteiger partial charge is 0.463 e. The number of nitrogens with one attached hydrogen (secondary N) is 2. The summed E-state index contributed by atoms with van der Waals surface area (Å²) in [7, 11) is 3.95. The van der Waals surface area contributed by atoms with Crippen LogP contribution < -0.4 is 15.5 Å². The number of benzene rings is 2. The van der Waals surface area contributed by atoms with Gasteiger partial charge in [0.15, 0.2) is 5.17 Å². The van der Waals surface area contributed by atoms with Crippen LogP contribution >= 0.6 is 11.8 Å². The smallest absolute Gasteiger partial charge is 0.338 e. The van der Waals surface area contributed by atoms with E-state index in [2.05, 4.69) is 10.6 Å². The predicted molar refractivity (Wildman–Crippen MR) is 136 cm³/mol. The number of ether oxygens (including phenoxy) is 1. The molecule has 1 aliphatic heterocycles. The molecule has 2 aromatic rings. The average Bonchev–Trinajstić information content (AvgIpc) is 2.79. The van der Waals surface area contributed by atoms with Gasteiger partial charge in [-0.05, 0) is 50.6 Å². The molecule has 1 aliphatic rings. The molecule has 0 saturated carbocycles. The number of hydrogen-bond donors (Lipinski definition) is 2. The van der Waals surface area contributed by atoms with E-state index in [-0.39, 0.29) is 18.3 Å². The lowest BCUT2D eigenvalue weighted by Crippen LogP contribution is -2.31. The lowest BCUT2D eigenvalue weighted by Gasteiger charge is -2.26. The number of hydrogen-bond acceptors (Lipinski definition) is 7. The van der Waals surface area contributed by atoms with E-state index in [1.807, 2.05) is 81.4 Å².